The maximum atomic E-state index is 13.0. The maximum absolute atomic E-state index is 13.0. The summed E-state index contributed by atoms with van der Waals surface area (Å²) in [5.41, 5.74) is 2.28. The van der Waals surface area contributed by atoms with Gasteiger partial charge in [0.1, 0.15) is 5.01 Å². The predicted octanol–water partition coefficient (Wildman–Crippen LogP) is 4.38. The van der Waals surface area contributed by atoms with Gasteiger partial charge >= 0.3 is 0 Å². The van der Waals surface area contributed by atoms with Gasteiger partial charge in [-0.1, -0.05) is 12.1 Å². The molecular formula is C22H20N4OS2. The van der Waals surface area contributed by atoms with Gasteiger partial charge in [0.05, 0.1) is 20.0 Å². The van der Waals surface area contributed by atoms with E-state index in [1.807, 2.05) is 59.8 Å². The molecule has 1 aromatic carbocycles. The van der Waals surface area contributed by atoms with Crippen molar-refractivity contribution in [2.45, 2.75) is 6.54 Å². The average molecular weight is 421 g/mol. The van der Waals surface area contributed by atoms with Crippen LogP contribution in [0.5, 0.6) is 0 Å². The number of piperazine rings is 1. The number of rotatable bonds is 4. The molecule has 5 nitrogen and oxygen atoms in total. The largest absolute Gasteiger partial charge is 0.335 e. The van der Waals surface area contributed by atoms with Crippen LogP contribution in [0.15, 0.2) is 60.9 Å². The number of carbonyl (C=O) groups excluding carboxylic acids is 1. The Hall–Kier alpha value is -2.61. The van der Waals surface area contributed by atoms with E-state index in [9.17, 15) is 4.79 Å². The molecule has 0 N–H and O–H groups in total. The summed E-state index contributed by atoms with van der Waals surface area (Å²) in [6.07, 6.45) is 3.66. The lowest BCUT2D eigenvalue weighted by atomic mass is 10.2. The highest BCUT2D eigenvalue weighted by molar-refractivity contribution is 7.26. The number of amides is 1. The summed E-state index contributed by atoms with van der Waals surface area (Å²) >= 11 is 3.22. The number of fused-ring (bicyclic) bond motifs is 1. The standard InChI is InChI=1S/C22H20N4OS2/c27-22(26-13-11-25(12-14-26)15-16-7-9-23-10-8-16)20-6-5-19(28-20)21-24-17-3-1-2-4-18(17)29-21/h1-10H,11-15H2. The van der Waals surface area contributed by atoms with E-state index < -0.39 is 0 Å². The highest BCUT2D eigenvalue weighted by Crippen LogP contribution is 2.34. The Kier molecular flexibility index (Phi) is 5.10. The summed E-state index contributed by atoms with van der Waals surface area (Å²) < 4.78 is 1.18. The lowest BCUT2D eigenvalue weighted by molar-refractivity contribution is 0.0633. The van der Waals surface area contributed by atoms with Gasteiger partial charge in [-0.2, -0.15) is 0 Å². The highest BCUT2D eigenvalue weighted by atomic mass is 32.1. The Labute approximate surface area is 177 Å². The van der Waals surface area contributed by atoms with E-state index in [0.29, 0.717) is 0 Å². The van der Waals surface area contributed by atoms with E-state index in [2.05, 4.69) is 16.0 Å². The third-order valence-corrected chi connectivity index (χ3v) is 7.42. The molecule has 3 aromatic heterocycles. The number of aromatic nitrogens is 2. The van der Waals surface area contributed by atoms with E-state index in [1.165, 1.54) is 10.3 Å². The first-order chi connectivity index (χ1) is 14.3. The maximum Gasteiger partial charge on any atom is 0.264 e. The lowest BCUT2D eigenvalue weighted by Crippen LogP contribution is -2.48. The van der Waals surface area contributed by atoms with Crippen LogP contribution in [0.3, 0.4) is 0 Å². The number of hydrogen-bond donors (Lipinski definition) is 0. The van der Waals surface area contributed by atoms with Gasteiger partial charge in [-0.15, -0.1) is 22.7 Å². The molecule has 4 heterocycles. The smallest absolute Gasteiger partial charge is 0.264 e. The van der Waals surface area contributed by atoms with Gasteiger partial charge in [0.2, 0.25) is 0 Å². The Bertz CT molecular complexity index is 1100. The van der Waals surface area contributed by atoms with Crippen LogP contribution in [-0.4, -0.2) is 51.9 Å². The van der Waals surface area contributed by atoms with Crippen molar-refractivity contribution in [2.24, 2.45) is 0 Å². The zero-order valence-electron chi connectivity index (χ0n) is 15.8. The molecule has 0 atom stereocenters. The second-order valence-electron chi connectivity index (χ2n) is 7.07. The van der Waals surface area contributed by atoms with E-state index in [1.54, 1.807) is 22.7 Å². The molecule has 5 rings (SSSR count). The number of para-hydroxylation sites is 1. The van der Waals surface area contributed by atoms with E-state index >= 15 is 0 Å². The van der Waals surface area contributed by atoms with Gasteiger partial charge in [-0.3, -0.25) is 14.7 Å². The number of thiophene rings is 1. The lowest BCUT2D eigenvalue weighted by Gasteiger charge is -2.34. The molecule has 1 aliphatic heterocycles. The third-order valence-electron chi connectivity index (χ3n) is 5.14. The zero-order valence-corrected chi connectivity index (χ0v) is 17.5. The van der Waals surface area contributed by atoms with Crippen LogP contribution in [0.25, 0.3) is 20.1 Å². The minimum atomic E-state index is 0.130. The summed E-state index contributed by atoms with van der Waals surface area (Å²) in [4.78, 5) is 28.0. The van der Waals surface area contributed by atoms with Crippen molar-refractivity contribution in [1.82, 2.24) is 19.8 Å². The fourth-order valence-electron chi connectivity index (χ4n) is 3.56. The van der Waals surface area contributed by atoms with E-state index in [0.717, 1.165) is 53.0 Å². The van der Waals surface area contributed by atoms with Crippen LogP contribution in [0, 0.1) is 0 Å². The molecule has 0 bridgehead atoms. The zero-order chi connectivity index (χ0) is 19.6. The Morgan fingerprint density at radius 3 is 2.52 bits per heavy atom. The van der Waals surface area contributed by atoms with Crippen molar-refractivity contribution < 1.29 is 4.79 Å². The molecule has 0 spiro atoms. The fraction of sp³-hybridized carbons (Fsp3) is 0.227. The third kappa shape index (κ3) is 3.94. The molecule has 0 aliphatic carbocycles. The molecule has 0 unspecified atom stereocenters. The van der Waals surface area contributed by atoms with Crippen molar-refractivity contribution >= 4 is 38.8 Å². The minimum absolute atomic E-state index is 0.130. The first-order valence-electron chi connectivity index (χ1n) is 9.62. The molecule has 4 aromatic rings. The van der Waals surface area contributed by atoms with Crippen molar-refractivity contribution in [2.75, 3.05) is 26.2 Å². The van der Waals surface area contributed by atoms with Crippen molar-refractivity contribution in [3.05, 3.63) is 71.4 Å². The molecule has 0 radical (unpaired) electrons. The average Bonchev–Trinajstić information content (AvgIpc) is 3.42. The van der Waals surface area contributed by atoms with E-state index in [-0.39, 0.29) is 5.91 Å². The van der Waals surface area contributed by atoms with Gasteiger partial charge in [-0.25, -0.2) is 4.98 Å². The molecule has 0 saturated carbocycles. The second kappa shape index (κ2) is 8.02. The quantitative estimate of drug-likeness (QED) is 0.492. The monoisotopic (exact) mass is 420 g/mol. The highest BCUT2D eigenvalue weighted by Gasteiger charge is 2.23. The minimum Gasteiger partial charge on any atom is -0.335 e. The molecule has 1 aliphatic rings. The van der Waals surface area contributed by atoms with Crippen LogP contribution in [0.2, 0.25) is 0 Å². The number of nitrogens with zero attached hydrogens (tertiary/aromatic N) is 4. The number of hydrogen-bond acceptors (Lipinski definition) is 6. The van der Waals surface area contributed by atoms with Gasteiger partial charge < -0.3 is 4.90 Å². The number of benzene rings is 1. The summed E-state index contributed by atoms with van der Waals surface area (Å²) in [7, 11) is 0. The Balaban J connectivity index is 1.24. The number of pyridine rings is 1. The van der Waals surface area contributed by atoms with Crippen LogP contribution in [0.1, 0.15) is 15.2 Å². The van der Waals surface area contributed by atoms with Crippen LogP contribution < -0.4 is 0 Å². The first-order valence-corrected chi connectivity index (χ1v) is 11.3. The summed E-state index contributed by atoms with van der Waals surface area (Å²) in [6, 6.07) is 16.2. The van der Waals surface area contributed by atoms with Gasteiger partial charge in [0, 0.05) is 45.1 Å². The summed E-state index contributed by atoms with van der Waals surface area (Å²) in [6.45, 7) is 4.22. The number of carbonyl (C=O) groups is 1. The molecule has 29 heavy (non-hydrogen) atoms. The predicted molar refractivity (Wildman–Crippen MR) is 118 cm³/mol. The Morgan fingerprint density at radius 1 is 0.931 bits per heavy atom. The summed E-state index contributed by atoms with van der Waals surface area (Å²) in [5, 5.41) is 0.984. The fourth-order valence-corrected chi connectivity index (χ4v) is 5.55. The van der Waals surface area contributed by atoms with Gasteiger partial charge in [0.25, 0.3) is 5.91 Å². The molecule has 146 valence electrons. The first kappa shape index (κ1) is 18.4. The molecule has 1 saturated heterocycles. The van der Waals surface area contributed by atoms with Crippen molar-refractivity contribution in [3.8, 4) is 9.88 Å². The van der Waals surface area contributed by atoms with Gasteiger partial charge in [-0.05, 0) is 42.0 Å². The molecular weight excluding hydrogens is 400 g/mol. The normalized spacial score (nSPS) is 15.1. The second-order valence-corrected chi connectivity index (χ2v) is 9.19. The molecule has 1 amide bonds. The number of thiazole rings is 1. The van der Waals surface area contributed by atoms with Gasteiger partial charge in [0.15, 0.2) is 0 Å². The van der Waals surface area contributed by atoms with Crippen molar-refractivity contribution in [1.29, 1.82) is 0 Å². The van der Waals surface area contributed by atoms with Crippen LogP contribution >= 0.6 is 22.7 Å². The van der Waals surface area contributed by atoms with Crippen LogP contribution in [0.4, 0.5) is 0 Å². The topological polar surface area (TPSA) is 49.3 Å². The molecule has 7 heteroatoms. The summed E-state index contributed by atoms with van der Waals surface area (Å²) in [5.74, 6) is 0.130. The Morgan fingerprint density at radius 2 is 1.72 bits per heavy atom. The SMILES string of the molecule is O=C(c1ccc(-c2nc3ccccc3s2)s1)N1CCN(Cc2ccncc2)CC1. The molecule has 1 fully saturated rings. The van der Waals surface area contributed by atoms with Crippen LogP contribution in [-0.2, 0) is 6.54 Å². The van der Waals surface area contributed by atoms with E-state index in [4.69, 9.17) is 4.98 Å². The van der Waals surface area contributed by atoms with Crippen molar-refractivity contribution in [3.63, 3.8) is 0 Å².